The van der Waals surface area contributed by atoms with Crippen molar-refractivity contribution in [3.63, 3.8) is 0 Å². The smallest absolute Gasteiger partial charge is 0.322 e. The minimum absolute atomic E-state index is 1.50. The molecule has 0 rings (SSSR count). The van der Waals surface area contributed by atoms with Crippen molar-refractivity contribution in [2.75, 3.05) is 21.3 Å². The Kier molecular flexibility index (Phi) is 13.1. The van der Waals surface area contributed by atoms with Crippen LogP contribution in [-0.2, 0) is 29.7 Å². The fraction of sp³-hybridized carbons (Fsp3) is 1.00. The van der Waals surface area contributed by atoms with Gasteiger partial charge in [0.25, 0.3) is 0 Å². The van der Waals surface area contributed by atoms with Gasteiger partial charge < -0.3 is 29.7 Å². The molecule has 0 atom stereocenters. The van der Waals surface area contributed by atoms with E-state index in [1.54, 1.807) is 21.3 Å². The Labute approximate surface area is 187 Å². The molecule has 0 saturated carbocycles. The lowest BCUT2D eigenvalue weighted by molar-refractivity contribution is 0.248. The molecular formula is C16H48O7Si6. The van der Waals surface area contributed by atoms with Crippen LogP contribution in [0.15, 0.2) is 0 Å². The molecule has 0 aromatic rings. The van der Waals surface area contributed by atoms with Gasteiger partial charge in [0.05, 0.1) is 0 Å². The Morgan fingerprint density at radius 2 is 0.517 bits per heavy atom. The van der Waals surface area contributed by atoms with Gasteiger partial charge in [0.1, 0.15) is 0 Å². The topological polar surface area (TPSA) is 64.6 Å². The molecule has 0 aliphatic heterocycles. The standard InChI is InChI=1S/C8H24O4Si3.C8H24O3Si3/c1-9-13(3,4)11-15(7,8)12-14(5,6)10-2;1-9-13(5,6)11-14(7,8)10-12(2,3)4/h1-8H3;1-8H3. The third-order valence-corrected chi connectivity index (χ3v) is 22.7. The number of hydrogen-bond donors (Lipinski definition) is 0. The van der Waals surface area contributed by atoms with Crippen molar-refractivity contribution >= 4 is 51.1 Å². The van der Waals surface area contributed by atoms with Crippen LogP contribution in [0.2, 0.25) is 85.1 Å². The summed E-state index contributed by atoms with van der Waals surface area (Å²) in [7, 11) is -6.54. The van der Waals surface area contributed by atoms with Crippen LogP contribution in [0, 0.1) is 0 Å². The van der Waals surface area contributed by atoms with Crippen molar-refractivity contribution < 1.29 is 29.7 Å². The van der Waals surface area contributed by atoms with Crippen LogP contribution in [0.25, 0.3) is 0 Å². The lowest BCUT2D eigenvalue weighted by Gasteiger charge is -2.36. The molecule has 0 aliphatic rings. The van der Waals surface area contributed by atoms with Gasteiger partial charge in [-0.05, 0) is 85.1 Å². The fourth-order valence-electron chi connectivity index (χ4n) is 2.68. The molecule has 0 heterocycles. The highest BCUT2D eigenvalue weighted by molar-refractivity contribution is 6.86. The molecule has 13 heteroatoms. The van der Waals surface area contributed by atoms with Crippen LogP contribution in [0.3, 0.4) is 0 Å². The van der Waals surface area contributed by atoms with Crippen molar-refractivity contribution in [1.29, 1.82) is 0 Å². The average molecular weight is 521 g/mol. The Morgan fingerprint density at radius 3 is 0.690 bits per heavy atom. The van der Waals surface area contributed by atoms with Crippen LogP contribution in [0.4, 0.5) is 0 Å². The average Bonchev–Trinajstić information content (AvgIpc) is 2.41. The monoisotopic (exact) mass is 520 g/mol. The molecule has 0 saturated heterocycles. The maximum absolute atomic E-state index is 6.07. The van der Waals surface area contributed by atoms with Gasteiger partial charge in [-0.3, -0.25) is 0 Å². The first-order chi connectivity index (χ1) is 12.5. The molecule has 29 heavy (non-hydrogen) atoms. The molecule has 0 N–H and O–H groups in total. The molecule has 0 aromatic heterocycles. The van der Waals surface area contributed by atoms with E-state index in [0.717, 1.165) is 0 Å². The quantitative estimate of drug-likeness (QED) is 0.341. The summed E-state index contributed by atoms with van der Waals surface area (Å²) in [5.74, 6) is 0. The van der Waals surface area contributed by atoms with Crippen LogP contribution < -0.4 is 0 Å². The summed E-state index contributed by atoms with van der Waals surface area (Å²) in [5, 5.41) is 0. The van der Waals surface area contributed by atoms with Gasteiger partial charge in [0.2, 0.25) is 0 Å². The van der Waals surface area contributed by atoms with Crippen molar-refractivity contribution in [1.82, 2.24) is 0 Å². The normalized spacial score (nSPS) is 14.5. The largest absolute Gasteiger partial charge is 0.437 e. The Morgan fingerprint density at radius 1 is 0.310 bits per heavy atom. The first-order valence-electron chi connectivity index (χ1n) is 9.97. The van der Waals surface area contributed by atoms with E-state index in [1.165, 1.54) is 0 Å². The van der Waals surface area contributed by atoms with Crippen molar-refractivity contribution in [2.45, 2.75) is 85.1 Å². The van der Waals surface area contributed by atoms with Gasteiger partial charge in [0.15, 0.2) is 8.32 Å². The van der Waals surface area contributed by atoms with Gasteiger partial charge in [-0.1, -0.05) is 0 Å². The fourth-order valence-corrected chi connectivity index (χ4v) is 24.9. The molecule has 0 radical (unpaired) electrons. The Bertz CT molecular complexity index is 459. The lowest BCUT2D eigenvalue weighted by atomic mass is 11.8. The van der Waals surface area contributed by atoms with E-state index in [9.17, 15) is 0 Å². The van der Waals surface area contributed by atoms with E-state index in [2.05, 4.69) is 45.8 Å². The van der Waals surface area contributed by atoms with Crippen molar-refractivity contribution in [3.05, 3.63) is 0 Å². The summed E-state index contributed by atoms with van der Waals surface area (Å²) in [6.07, 6.45) is 0. The first kappa shape index (κ1) is 32.2. The highest BCUT2D eigenvalue weighted by atomic mass is 28.5. The molecule has 0 bridgehead atoms. The molecular weight excluding hydrogens is 473 g/mol. The van der Waals surface area contributed by atoms with Crippen molar-refractivity contribution in [3.8, 4) is 0 Å². The minimum atomic E-state index is -2.14. The summed E-state index contributed by atoms with van der Waals surface area (Å²) in [6, 6.07) is 0. The zero-order chi connectivity index (χ0) is 23.9. The van der Waals surface area contributed by atoms with Gasteiger partial charge in [-0.2, -0.15) is 0 Å². The second-order valence-electron chi connectivity index (χ2n) is 10.1. The van der Waals surface area contributed by atoms with Crippen molar-refractivity contribution in [2.24, 2.45) is 0 Å². The predicted octanol–water partition coefficient (Wildman–Crippen LogP) is 5.32. The molecule has 0 aliphatic carbocycles. The van der Waals surface area contributed by atoms with E-state index < -0.39 is 51.1 Å². The third-order valence-electron chi connectivity index (χ3n) is 3.50. The summed E-state index contributed by atoms with van der Waals surface area (Å²) in [6.45, 7) is 27.0. The lowest BCUT2D eigenvalue weighted by Crippen LogP contribution is -2.53. The highest BCUT2D eigenvalue weighted by Crippen LogP contribution is 2.21. The van der Waals surface area contributed by atoms with Crippen LogP contribution in [0.1, 0.15) is 0 Å². The summed E-state index contributed by atoms with van der Waals surface area (Å²) in [4.78, 5) is 0. The van der Waals surface area contributed by atoms with Crippen LogP contribution in [0.5, 0.6) is 0 Å². The zero-order valence-electron chi connectivity index (χ0n) is 21.9. The second kappa shape index (κ2) is 11.8. The van der Waals surface area contributed by atoms with Gasteiger partial charge in [-0.15, -0.1) is 0 Å². The summed E-state index contributed by atoms with van der Waals surface area (Å²) < 4.78 is 40.2. The van der Waals surface area contributed by atoms with Crippen LogP contribution in [-0.4, -0.2) is 72.5 Å². The van der Waals surface area contributed by atoms with E-state index in [1.807, 2.05) is 39.3 Å². The van der Waals surface area contributed by atoms with E-state index in [0.29, 0.717) is 0 Å². The predicted molar refractivity (Wildman–Crippen MR) is 136 cm³/mol. The second-order valence-corrected chi connectivity index (χ2v) is 32.8. The van der Waals surface area contributed by atoms with E-state index in [4.69, 9.17) is 29.7 Å². The van der Waals surface area contributed by atoms with Gasteiger partial charge in [-0.25, -0.2) is 0 Å². The van der Waals surface area contributed by atoms with Gasteiger partial charge in [0, 0.05) is 21.3 Å². The summed E-state index contributed by atoms with van der Waals surface area (Å²) >= 11 is 0. The number of hydrogen-bond acceptors (Lipinski definition) is 7. The first-order valence-corrected chi connectivity index (χ1v) is 27.5. The molecule has 0 fully saturated rings. The molecule has 0 spiro atoms. The molecule has 0 aromatic carbocycles. The molecule has 0 unspecified atom stereocenters. The Balaban J connectivity index is 0. The maximum Gasteiger partial charge on any atom is 0.322 e. The maximum atomic E-state index is 6.07. The van der Waals surface area contributed by atoms with Crippen LogP contribution >= 0.6 is 0 Å². The van der Waals surface area contributed by atoms with E-state index >= 15 is 0 Å². The molecule has 178 valence electrons. The van der Waals surface area contributed by atoms with Gasteiger partial charge >= 0.3 is 42.8 Å². The summed E-state index contributed by atoms with van der Waals surface area (Å²) in [5.41, 5.74) is 0. The molecule has 0 amide bonds. The highest BCUT2D eigenvalue weighted by Gasteiger charge is 2.41. The SMILES string of the molecule is CO[Si](C)(C)O[Si](C)(C)O[Si](C)(C)C.CO[Si](C)(C)O[Si](C)(C)O[Si](C)(C)OC. The minimum Gasteiger partial charge on any atom is -0.437 e. The number of rotatable bonds is 11. The van der Waals surface area contributed by atoms with E-state index in [-0.39, 0.29) is 0 Å². The third kappa shape index (κ3) is 18.3. The molecule has 7 nitrogen and oxygen atoms in total. The zero-order valence-corrected chi connectivity index (χ0v) is 27.9. The Hall–Kier alpha value is 1.02.